The van der Waals surface area contributed by atoms with Crippen molar-refractivity contribution in [2.45, 2.75) is 226 Å². The molecule has 0 spiro atoms. The summed E-state index contributed by atoms with van der Waals surface area (Å²) in [5.74, 6) is -12.2. The lowest BCUT2D eigenvalue weighted by Crippen LogP contribution is -2.66. The van der Waals surface area contributed by atoms with Gasteiger partial charge in [0.25, 0.3) is 0 Å². The highest BCUT2D eigenvalue weighted by atomic mass is 16.7. The van der Waals surface area contributed by atoms with Gasteiger partial charge in [0, 0.05) is 96.2 Å². The van der Waals surface area contributed by atoms with Crippen molar-refractivity contribution in [1.82, 2.24) is 37.2 Å². The number of carbonyl (C=O) groups is 17. The molecular formula is C78H125N7O42. The molecule has 0 aromatic heterocycles. The molecule has 0 aromatic carbocycles. The van der Waals surface area contributed by atoms with Gasteiger partial charge in [0.2, 0.25) is 41.4 Å². The summed E-state index contributed by atoms with van der Waals surface area (Å²) in [5.41, 5.74) is 0. The zero-order valence-corrected chi connectivity index (χ0v) is 73.6. The van der Waals surface area contributed by atoms with E-state index in [2.05, 4.69) is 37.2 Å². The van der Waals surface area contributed by atoms with Gasteiger partial charge in [0.05, 0.1) is 119 Å². The quantitative estimate of drug-likeness (QED) is 0.0163. The van der Waals surface area contributed by atoms with E-state index >= 15 is 0 Å². The van der Waals surface area contributed by atoms with Crippen molar-refractivity contribution in [3.63, 3.8) is 0 Å². The first kappa shape index (κ1) is 112. The van der Waals surface area contributed by atoms with E-state index in [1.807, 2.05) is 0 Å². The van der Waals surface area contributed by atoms with Crippen LogP contribution in [0.4, 0.5) is 0 Å². The molecule has 3 unspecified atom stereocenters. The van der Waals surface area contributed by atoms with Gasteiger partial charge in [-0.25, -0.2) is 4.79 Å². The summed E-state index contributed by atoms with van der Waals surface area (Å²) in [7, 11) is 0. The molecule has 49 heteroatoms. The summed E-state index contributed by atoms with van der Waals surface area (Å²) in [6.45, 7) is 11.6. The molecular weight excluding hydrogens is 1710 g/mol. The Labute approximate surface area is 733 Å². The summed E-state index contributed by atoms with van der Waals surface area (Å²) in [4.78, 5) is 209. The molecule has 724 valence electrons. The van der Waals surface area contributed by atoms with Gasteiger partial charge in [-0.1, -0.05) is 0 Å². The van der Waals surface area contributed by atoms with Gasteiger partial charge in [-0.3, -0.25) is 76.7 Å². The molecule has 3 saturated heterocycles. The van der Waals surface area contributed by atoms with Crippen molar-refractivity contribution < 1.29 is 200 Å². The fourth-order valence-electron chi connectivity index (χ4n) is 12.3. The fourth-order valence-corrected chi connectivity index (χ4v) is 12.3. The Morgan fingerprint density at radius 1 is 0.291 bits per heavy atom. The van der Waals surface area contributed by atoms with Gasteiger partial charge in [0.15, 0.2) is 55.5 Å². The third-order valence-electron chi connectivity index (χ3n) is 17.4. The second-order valence-corrected chi connectivity index (χ2v) is 28.3. The fraction of sp³-hybridized carbons (Fsp3) is 0.782. The molecule has 0 aromatic rings. The van der Waals surface area contributed by atoms with Gasteiger partial charge in [0.1, 0.15) is 88.2 Å². The van der Waals surface area contributed by atoms with Crippen LogP contribution >= 0.6 is 0 Å². The number of rotatable bonds is 65. The SMILES string of the molecule is CC(=O)NC1[C@H](OCCOCCOCCOCC(=O)NCCCCC(NC(=O)COCCOCCOCCO[C@@H]2O[C@H](COC(C)=O)[C@H](OC(C)=O)[C@H](OC(C)=O)[C@H]2NC(C)=O)C(=O)NC(CCCCNC(=O)COCCOCCOCCO[C@@H]2O[C@H](COC(C)=O)[C@H](OC(C)=O)[C@H](OC(C)=O)[C@H]2NC(C)=O)C(=O)O)O[C@H](COC(C)=O)[C@H](OC(C)=O)[C@@H]1OC(C)=O. The average molecular weight is 1830 g/mol. The van der Waals surface area contributed by atoms with Crippen LogP contribution in [0.15, 0.2) is 0 Å². The number of unbranched alkanes of at least 4 members (excludes halogenated alkanes) is 2. The number of esters is 9. The minimum Gasteiger partial charge on any atom is -0.480 e. The molecule has 3 rings (SSSR count). The van der Waals surface area contributed by atoms with Gasteiger partial charge in [-0.05, 0) is 38.5 Å². The molecule has 3 aliphatic heterocycles. The average Bonchev–Trinajstić information content (AvgIpc) is 0.796. The molecule has 8 N–H and O–H groups in total. The van der Waals surface area contributed by atoms with Crippen molar-refractivity contribution in [3.05, 3.63) is 0 Å². The topological polar surface area (TPSA) is 616 Å². The Morgan fingerprint density at radius 3 is 0.803 bits per heavy atom. The van der Waals surface area contributed by atoms with Crippen molar-refractivity contribution in [2.75, 3.05) is 172 Å². The van der Waals surface area contributed by atoms with Crippen LogP contribution in [0.3, 0.4) is 0 Å². The maximum absolute atomic E-state index is 13.8. The van der Waals surface area contributed by atoms with E-state index in [1.165, 1.54) is 20.8 Å². The molecule has 17 atom stereocenters. The minimum atomic E-state index is -1.42. The standard InChI is InChI=1S/C78H125N7O42/c1-45(86)81-65-71(122-54(10)95)68(119-51(7)92)59(39-116-48(4)89)125-76(65)113-36-33-107-24-21-104-27-30-110-42-62(98)79-19-15-13-17-57(84-64(100)44-112-32-29-106-23-26-109-35-38-115-78-67(83-47(3)88)73(124-56(12)97)70(121-53(9)94)61(127-78)41-118-50(6)91)74(101)85-58(75(102)103)18-14-16-20-80-63(99)43-111-31-28-105-22-25-108-34-37-114-77-66(82-46(2)87)72(123-55(11)96)69(120-52(8)93)60(126-77)40-117-49(5)90/h57-61,65-73,76-78H,13-44H2,1-12H3,(H,79,98)(H,80,99)(H,81,86)(H,82,87)(H,83,88)(H,84,100)(H,85,101)(H,102,103)/t57?,58?,59-,60-,61-,65?,66-,67-,68+,69+,70+,71-,72-,73-,76-,77-,78-/m1/s1. The highest BCUT2D eigenvalue weighted by molar-refractivity contribution is 5.90. The smallest absolute Gasteiger partial charge is 0.326 e. The Hall–Kier alpha value is -9.61. The van der Waals surface area contributed by atoms with Crippen LogP contribution in [0.5, 0.6) is 0 Å². The predicted molar refractivity (Wildman–Crippen MR) is 422 cm³/mol. The molecule has 0 saturated carbocycles. The lowest BCUT2D eigenvalue weighted by molar-refractivity contribution is -0.279. The highest BCUT2D eigenvalue weighted by Crippen LogP contribution is 2.32. The number of nitrogens with one attached hydrogen (secondary N) is 7. The zero-order valence-electron chi connectivity index (χ0n) is 73.6. The molecule has 3 fully saturated rings. The number of carboxylic acids is 1. The molecule has 0 aliphatic carbocycles. The van der Waals surface area contributed by atoms with Crippen LogP contribution in [0.2, 0.25) is 0 Å². The molecule has 127 heavy (non-hydrogen) atoms. The van der Waals surface area contributed by atoms with Gasteiger partial charge >= 0.3 is 59.7 Å². The number of carbonyl (C=O) groups excluding carboxylic acids is 16. The zero-order chi connectivity index (χ0) is 94.2. The second kappa shape index (κ2) is 64.2. The number of amides is 7. The van der Waals surface area contributed by atoms with E-state index in [0.29, 0.717) is 12.8 Å². The maximum atomic E-state index is 13.8. The molecule has 7 amide bonds. The molecule has 0 bridgehead atoms. The van der Waals surface area contributed by atoms with Crippen molar-refractivity contribution in [3.8, 4) is 0 Å². The van der Waals surface area contributed by atoms with Gasteiger partial charge in [-0.2, -0.15) is 0 Å². The van der Waals surface area contributed by atoms with Gasteiger partial charge < -0.3 is 156 Å². The van der Waals surface area contributed by atoms with E-state index in [1.54, 1.807) is 0 Å². The Bertz CT molecular complexity index is 3430. The van der Waals surface area contributed by atoms with E-state index in [4.69, 9.17) is 114 Å². The number of ether oxygens (including phenoxy) is 24. The normalized spacial score (nSPS) is 22.3. The number of hydrogen-bond donors (Lipinski definition) is 8. The third kappa shape index (κ3) is 49.5. The molecule has 49 nitrogen and oxygen atoms in total. The molecule has 3 heterocycles. The Morgan fingerprint density at radius 2 is 0.543 bits per heavy atom. The maximum Gasteiger partial charge on any atom is 0.326 e. The van der Waals surface area contributed by atoms with Crippen molar-refractivity contribution >= 4 is 101 Å². The predicted octanol–water partition coefficient (Wildman–Crippen LogP) is -4.22. The van der Waals surface area contributed by atoms with Crippen LogP contribution < -0.4 is 37.2 Å². The number of carboxylic acid groups (broad SMARTS) is 1. The van der Waals surface area contributed by atoms with Crippen molar-refractivity contribution in [2.24, 2.45) is 0 Å². The van der Waals surface area contributed by atoms with Crippen LogP contribution in [-0.4, -0.2) is 382 Å². The second-order valence-electron chi connectivity index (χ2n) is 28.3. The summed E-state index contributed by atoms with van der Waals surface area (Å²) >= 11 is 0. The van der Waals surface area contributed by atoms with Crippen LogP contribution in [0.1, 0.15) is 122 Å². The van der Waals surface area contributed by atoms with E-state index in [9.17, 15) is 86.6 Å². The highest BCUT2D eigenvalue weighted by Gasteiger charge is 2.54. The Balaban J connectivity index is 1.47. The Kier molecular flexibility index (Phi) is 56.4. The summed E-state index contributed by atoms with van der Waals surface area (Å²) in [5, 5.41) is 28.4. The third-order valence-corrected chi connectivity index (χ3v) is 17.4. The van der Waals surface area contributed by atoms with E-state index in [0.717, 1.165) is 62.3 Å². The van der Waals surface area contributed by atoms with Crippen LogP contribution in [0, 0.1) is 0 Å². The minimum absolute atomic E-state index is 0.00367. The number of hydrogen-bond acceptors (Lipinski definition) is 41. The lowest BCUT2D eigenvalue weighted by Gasteiger charge is -2.44. The molecule has 0 radical (unpaired) electrons. The first-order valence-electron chi connectivity index (χ1n) is 41.1. The van der Waals surface area contributed by atoms with Crippen LogP contribution in [-0.2, 0) is 195 Å². The number of aliphatic carboxylic acids is 1. The van der Waals surface area contributed by atoms with E-state index in [-0.39, 0.29) is 171 Å². The van der Waals surface area contributed by atoms with Crippen molar-refractivity contribution in [1.29, 1.82) is 0 Å². The summed E-state index contributed by atoms with van der Waals surface area (Å²) in [6.07, 6.45) is -14.3. The summed E-state index contributed by atoms with van der Waals surface area (Å²) in [6, 6.07) is -6.22. The first-order valence-corrected chi connectivity index (χ1v) is 41.1. The monoisotopic (exact) mass is 1830 g/mol. The lowest BCUT2D eigenvalue weighted by atomic mass is 9.96. The summed E-state index contributed by atoms with van der Waals surface area (Å²) < 4.78 is 133. The van der Waals surface area contributed by atoms with E-state index < -0.39 is 231 Å². The van der Waals surface area contributed by atoms with Crippen LogP contribution in [0.25, 0.3) is 0 Å². The largest absolute Gasteiger partial charge is 0.480 e. The first-order chi connectivity index (χ1) is 60.5. The van der Waals surface area contributed by atoms with Gasteiger partial charge in [-0.15, -0.1) is 0 Å². The molecule has 3 aliphatic rings.